The van der Waals surface area contributed by atoms with Crippen molar-refractivity contribution in [3.8, 4) is 11.5 Å². The van der Waals surface area contributed by atoms with E-state index >= 15 is 0 Å². The molecular formula is C18H18BrClO4. The van der Waals surface area contributed by atoms with Crippen LogP contribution in [0.3, 0.4) is 0 Å². The van der Waals surface area contributed by atoms with Crippen molar-refractivity contribution >= 4 is 33.7 Å². The van der Waals surface area contributed by atoms with E-state index in [2.05, 4.69) is 27.6 Å². The molecule has 0 aromatic heterocycles. The topological polar surface area (TPSA) is 44.8 Å². The zero-order valence-electron chi connectivity index (χ0n) is 13.7. The van der Waals surface area contributed by atoms with E-state index in [9.17, 15) is 4.79 Å². The minimum absolute atomic E-state index is 0.222. The van der Waals surface area contributed by atoms with Crippen molar-refractivity contribution in [2.24, 2.45) is 0 Å². The number of aryl methyl sites for hydroxylation is 2. The predicted octanol–water partition coefficient (Wildman–Crippen LogP) is 5.70. The SMILES string of the molecule is CCc1cc(C)c(Cl)cc1OCc1c(Br)cccc1OC(=O)OC. The first-order valence-electron chi connectivity index (χ1n) is 7.41. The van der Waals surface area contributed by atoms with Crippen molar-refractivity contribution in [3.05, 3.63) is 56.5 Å². The molecule has 2 rings (SSSR count). The summed E-state index contributed by atoms with van der Waals surface area (Å²) in [6.07, 6.45) is 0.0522. The van der Waals surface area contributed by atoms with Gasteiger partial charge in [-0.05, 0) is 42.7 Å². The molecule has 0 aliphatic rings. The summed E-state index contributed by atoms with van der Waals surface area (Å²) in [4.78, 5) is 11.4. The first-order valence-corrected chi connectivity index (χ1v) is 8.58. The van der Waals surface area contributed by atoms with E-state index in [-0.39, 0.29) is 6.61 Å². The molecule has 2 aromatic rings. The van der Waals surface area contributed by atoms with Crippen LogP contribution in [0.1, 0.15) is 23.6 Å². The number of ether oxygens (including phenoxy) is 3. The Labute approximate surface area is 154 Å². The number of halogens is 2. The molecule has 6 heteroatoms. The van der Waals surface area contributed by atoms with Gasteiger partial charge < -0.3 is 14.2 Å². The van der Waals surface area contributed by atoms with Gasteiger partial charge in [0.2, 0.25) is 0 Å². The summed E-state index contributed by atoms with van der Waals surface area (Å²) in [5.74, 6) is 1.10. The molecule has 128 valence electrons. The highest BCUT2D eigenvalue weighted by molar-refractivity contribution is 9.10. The second kappa shape index (κ2) is 8.40. The molecule has 4 nitrogen and oxygen atoms in total. The quantitative estimate of drug-likeness (QED) is 0.466. The maximum Gasteiger partial charge on any atom is 0.513 e. The molecule has 0 saturated carbocycles. The number of carbonyl (C=O) groups excluding carboxylic acids is 1. The molecule has 0 aliphatic heterocycles. The van der Waals surface area contributed by atoms with Gasteiger partial charge in [0.05, 0.1) is 7.11 Å². The zero-order chi connectivity index (χ0) is 17.7. The minimum atomic E-state index is -0.776. The normalized spacial score (nSPS) is 10.4. The highest BCUT2D eigenvalue weighted by Gasteiger charge is 2.14. The summed E-state index contributed by atoms with van der Waals surface area (Å²) in [6.45, 7) is 4.24. The second-order valence-corrected chi connectivity index (χ2v) is 6.39. The fourth-order valence-corrected chi connectivity index (χ4v) is 2.81. The van der Waals surface area contributed by atoms with Crippen LogP contribution in [0, 0.1) is 6.92 Å². The molecule has 0 spiro atoms. The maximum atomic E-state index is 11.4. The smallest absolute Gasteiger partial charge is 0.488 e. The van der Waals surface area contributed by atoms with Crippen LogP contribution >= 0.6 is 27.5 Å². The van der Waals surface area contributed by atoms with Gasteiger partial charge in [0.25, 0.3) is 0 Å². The first kappa shape index (κ1) is 18.6. The van der Waals surface area contributed by atoms with E-state index < -0.39 is 6.16 Å². The molecule has 0 fully saturated rings. The monoisotopic (exact) mass is 412 g/mol. The van der Waals surface area contributed by atoms with Crippen molar-refractivity contribution in [1.82, 2.24) is 0 Å². The fraction of sp³-hybridized carbons (Fsp3) is 0.278. The molecule has 0 bridgehead atoms. The predicted molar refractivity (Wildman–Crippen MR) is 97.1 cm³/mol. The number of benzene rings is 2. The Morgan fingerprint density at radius 2 is 2.00 bits per heavy atom. The molecule has 0 N–H and O–H groups in total. The van der Waals surface area contributed by atoms with Gasteiger partial charge in [-0.25, -0.2) is 4.79 Å². The van der Waals surface area contributed by atoms with Crippen LogP contribution < -0.4 is 9.47 Å². The summed E-state index contributed by atoms with van der Waals surface area (Å²) in [6, 6.07) is 9.14. The van der Waals surface area contributed by atoms with Gasteiger partial charge in [0.15, 0.2) is 0 Å². The van der Waals surface area contributed by atoms with E-state index in [1.54, 1.807) is 12.1 Å². The van der Waals surface area contributed by atoms with Crippen LogP contribution in [-0.4, -0.2) is 13.3 Å². The Balaban J connectivity index is 2.26. The Morgan fingerprint density at radius 1 is 1.25 bits per heavy atom. The van der Waals surface area contributed by atoms with Crippen molar-refractivity contribution in [1.29, 1.82) is 0 Å². The van der Waals surface area contributed by atoms with Crippen LogP contribution in [-0.2, 0) is 17.8 Å². The molecule has 24 heavy (non-hydrogen) atoms. The van der Waals surface area contributed by atoms with Crippen molar-refractivity contribution in [2.75, 3.05) is 7.11 Å². The van der Waals surface area contributed by atoms with Gasteiger partial charge in [-0.3, -0.25) is 0 Å². The summed E-state index contributed by atoms with van der Waals surface area (Å²) < 4.78 is 16.4. The fourth-order valence-electron chi connectivity index (χ4n) is 2.19. The third-order valence-corrected chi connectivity index (χ3v) is 4.68. The first-order chi connectivity index (χ1) is 11.5. The summed E-state index contributed by atoms with van der Waals surface area (Å²) >= 11 is 9.66. The molecule has 0 aliphatic carbocycles. The number of carbonyl (C=O) groups is 1. The van der Waals surface area contributed by atoms with Crippen molar-refractivity contribution in [2.45, 2.75) is 26.9 Å². The van der Waals surface area contributed by atoms with Crippen LogP contribution in [0.25, 0.3) is 0 Å². The maximum absolute atomic E-state index is 11.4. The minimum Gasteiger partial charge on any atom is -0.488 e. The van der Waals surface area contributed by atoms with E-state index in [1.165, 1.54) is 7.11 Å². The Hall–Kier alpha value is -1.72. The lowest BCUT2D eigenvalue weighted by Gasteiger charge is -2.15. The molecular weight excluding hydrogens is 396 g/mol. The average Bonchev–Trinajstić information content (AvgIpc) is 2.56. The van der Waals surface area contributed by atoms with E-state index in [1.807, 2.05) is 25.1 Å². The third-order valence-electron chi connectivity index (χ3n) is 3.53. The number of methoxy groups -OCH3 is 1. The van der Waals surface area contributed by atoms with Crippen LogP contribution in [0.4, 0.5) is 4.79 Å². The molecule has 0 atom stereocenters. The summed E-state index contributed by atoms with van der Waals surface area (Å²) in [7, 11) is 1.26. The van der Waals surface area contributed by atoms with Gasteiger partial charge >= 0.3 is 6.16 Å². The lowest BCUT2D eigenvalue weighted by Crippen LogP contribution is -2.10. The number of hydrogen-bond acceptors (Lipinski definition) is 4. The molecule has 0 amide bonds. The summed E-state index contributed by atoms with van der Waals surface area (Å²) in [5, 5.41) is 0.653. The number of hydrogen-bond donors (Lipinski definition) is 0. The zero-order valence-corrected chi connectivity index (χ0v) is 16.0. The standard InChI is InChI=1S/C18H18BrClO4/c1-4-12-8-11(2)15(20)9-17(12)23-10-13-14(19)6-5-7-16(13)24-18(21)22-3/h5-9H,4,10H2,1-3H3. The Kier molecular flexibility index (Phi) is 6.52. The van der Waals surface area contributed by atoms with Crippen LogP contribution in [0.15, 0.2) is 34.8 Å². The van der Waals surface area contributed by atoms with Gasteiger partial charge in [0, 0.05) is 15.1 Å². The van der Waals surface area contributed by atoms with Crippen molar-refractivity contribution < 1.29 is 19.0 Å². The molecule has 0 radical (unpaired) electrons. The Morgan fingerprint density at radius 3 is 2.67 bits per heavy atom. The lowest BCUT2D eigenvalue weighted by molar-refractivity contribution is 0.120. The lowest BCUT2D eigenvalue weighted by atomic mass is 10.1. The van der Waals surface area contributed by atoms with Gasteiger partial charge in [-0.1, -0.05) is 46.6 Å². The molecule has 0 saturated heterocycles. The van der Waals surface area contributed by atoms with Gasteiger partial charge in [-0.15, -0.1) is 0 Å². The third kappa shape index (κ3) is 4.42. The van der Waals surface area contributed by atoms with Crippen LogP contribution in [0.5, 0.6) is 11.5 Å². The molecule has 0 unspecified atom stereocenters. The van der Waals surface area contributed by atoms with E-state index in [0.717, 1.165) is 22.0 Å². The average molecular weight is 414 g/mol. The van der Waals surface area contributed by atoms with E-state index in [0.29, 0.717) is 22.1 Å². The van der Waals surface area contributed by atoms with Gasteiger partial charge in [0.1, 0.15) is 18.1 Å². The molecule has 0 heterocycles. The summed E-state index contributed by atoms with van der Waals surface area (Å²) in [5.41, 5.74) is 2.79. The number of rotatable bonds is 5. The van der Waals surface area contributed by atoms with Gasteiger partial charge in [-0.2, -0.15) is 0 Å². The van der Waals surface area contributed by atoms with E-state index in [4.69, 9.17) is 21.1 Å². The largest absolute Gasteiger partial charge is 0.513 e. The highest BCUT2D eigenvalue weighted by atomic mass is 79.9. The highest BCUT2D eigenvalue weighted by Crippen LogP contribution is 2.31. The second-order valence-electron chi connectivity index (χ2n) is 5.12. The van der Waals surface area contributed by atoms with Crippen LogP contribution in [0.2, 0.25) is 5.02 Å². The molecule has 2 aromatic carbocycles. The Bertz CT molecular complexity index is 746. The van der Waals surface area contributed by atoms with Crippen molar-refractivity contribution in [3.63, 3.8) is 0 Å².